The minimum Gasteiger partial charge on any atom is -0.593 e. The number of hydrogen-bond acceptors (Lipinski definition) is 4. The molecule has 1 spiro atoms. The van der Waals surface area contributed by atoms with Crippen molar-refractivity contribution in [2.45, 2.75) is 23.4 Å². The van der Waals surface area contributed by atoms with Gasteiger partial charge in [-0.2, -0.15) is 0 Å². The molecule has 1 aromatic heterocycles. The number of para-hydroxylation sites is 1. The van der Waals surface area contributed by atoms with Crippen molar-refractivity contribution in [3.05, 3.63) is 48.3 Å². The molecule has 1 fully saturated rings. The maximum Gasteiger partial charge on any atom is 0.198 e. The molecule has 2 aliphatic heterocycles. The van der Waals surface area contributed by atoms with Gasteiger partial charge in [0.2, 0.25) is 0 Å². The molecular weight excluding hydrogens is 324 g/mol. The van der Waals surface area contributed by atoms with Crippen LogP contribution in [-0.2, 0) is 28.2 Å². The zero-order chi connectivity index (χ0) is 16.8. The molecule has 2 atom stereocenters. The second kappa shape index (κ2) is 5.70. The molecule has 1 aromatic carbocycles. The lowest BCUT2D eigenvalue weighted by atomic mass is 9.98. The highest BCUT2D eigenvalue weighted by Crippen LogP contribution is 2.34. The molecule has 7 heteroatoms. The molecular formula is C17H22N4O2S. The van der Waals surface area contributed by atoms with Crippen molar-refractivity contribution in [1.29, 1.82) is 0 Å². The zero-order valence-corrected chi connectivity index (χ0v) is 14.5. The molecule has 2 unspecified atom stereocenters. The Morgan fingerprint density at radius 1 is 1.29 bits per heavy atom. The van der Waals surface area contributed by atoms with Crippen LogP contribution in [0.3, 0.4) is 0 Å². The second-order valence-corrected chi connectivity index (χ2v) is 8.53. The largest absolute Gasteiger partial charge is 0.593 e. The van der Waals surface area contributed by atoms with Crippen molar-refractivity contribution in [2.24, 2.45) is 7.05 Å². The average Bonchev–Trinajstić information content (AvgIpc) is 3.11. The highest BCUT2D eigenvalue weighted by molar-refractivity contribution is 7.96. The van der Waals surface area contributed by atoms with Crippen LogP contribution in [0.2, 0.25) is 0 Å². The molecule has 2 N–H and O–H groups in total. The smallest absolute Gasteiger partial charge is 0.198 e. The van der Waals surface area contributed by atoms with Crippen LogP contribution in [-0.4, -0.2) is 39.2 Å². The Hall–Kier alpha value is -1.67. The van der Waals surface area contributed by atoms with E-state index in [0.717, 1.165) is 26.1 Å². The van der Waals surface area contributed by atoms with E-state index in [2.05, 4.69) is 44.9 Å². The van der Waals surface area contributed by atoms with E-state index >= 15 is 0 Å². The van der Waals surface area contributed by atoms with E-state index in [-0.39, 0.29) is 5.54 Å². The predicted molar refractivity (Wildman–Crippen MR) is 93.2 cm³/mol. The topological polar surface area (TPSA) is 72.4 Å². The maximum atomic E-state index is 12.4. The van der Waals surface area contributed by atoms with Crippen LogP contribution >= 0.6 is 0 Å². The Kier molecular flexibility index (Phi) is 3.76. The average molecular weight is 346 g/mol. The number of fused-ring (bicyclic) bond motifs is 1. The minimum absolute atomic E-state index is 0.259. The van der Waals surface area contributed by atoms with Gasteiger partial charge in [-0.1, -0.05) is 16.3 Å². The highest BCUT2D eigenvalue weighted by atomic mass is 32.3. The fourth-order valence-corrected chi connectivity index (χ4v) is 4.96. The summed E-state index contributed by atoms with van der Waals surface area (Å²) in [7, 11) is -1.40. The number of rotatable bonds is 2. The summed E-state index contributed by atoms with van der Waals surface area (Å²) < 4.78 is 29.8. The summed E-state index contributed by atoms with van der Waals surface area (Å²) >= 11 is 0. The first kappa shape index (κ1) is 15.8. The summed E-state index contributed by atoms with van der Waals surface area (Å²) in [5, 5.41) is 3.52. The molecule has 0 saturated carbocycles. The number of anilines is 1. The molecule has 0 radical (unpaired) electrons. The number of aromatic nitrogens is 1. The Balaban J connectivity index is 1.57. The van der Waals surface area contributed by atoms with Gasteiger partial charge in [-0.25, -0.2) is 0 Å². The molecule has 0 aliphatic carbocycles. The van der Waals surface area contributed by atoms with Gasteiger partial charge >= 0.3 is 0 Å². The van der Waals surface area contributed by atoms with Crippen LogP contribution in [0.4, 0.5) is 5.69 Å². The van der Waals surface area contributed by atoms with Gasteiger partial charge in [0, 0.05) is 38.6 Å². The normalized spacial score (nSPS) is 30.1. The number of hydrogen-bond donors (Lipinski definition) is 2. The molecule has 1 saturated heterocycles. The summed E-state index contributed by atoms with van der Waals surface area (Å²) in [6.45, 7) is 3.05. The van der Waals surface area contributed by atoms with Gasteiger partial charge in [0.1, 0.15) is 0 Å². The van der Waals surface area contributed by atoms with E-state index in [1.165, 1.54) is 5.69 Å². The fourth-order valence-electron chi connectivity index (χ4n) is 3.67. The minimum atomic E-state index is -3.45. The summed E-state index contributed by atoms with van der Waals surface area (Å²) in [6, 6.07) is 11.3. The molecule has 6 nitrogen and oxygen atoms in total. The molecule has 2 aromatic rings. The van der Waals surface area contributed by atoms with Crippen LogP contribution in [0.1, 0.15) is 12.1 Å². The van der Waals surface area contributed by atoms with Gasteiger partial charge in [-0.05, 0) is 30.7 Å². The maximum absolute atomic E-state index is 12.4. The van der Waals surface area contributed by atoms with E-state index in [1.807, 2.05) is 12.1 Å². The van der Waals surface area contributed by atoms with E-state index in [0.29, 0.717) is 17.1 Å². The summed E-state index contributed by atoms with van der Waals surface area (Å²) in [5.74, 6) is 0. The van der Waals surface area contributed by atoms with Crippen molar-refractivity contribution in [3.63, 3.8) is 0 Å². The van der Waals surface area contributed by atoms with Crippen LogP contribution in [0.5, 0.6) is 0 Å². The van der Waals surface area contributed by atoms with E-state index in [9.17, 15) is 8.76 Å². The first-order chi connectivity index (χ1) is 11.5. The fraction of sp³-hybridized carbons (Fsp3) is 0.412. The lowest BCUT2D eigenvalue weighted by molar-refractivity contribution is 0.303. The van der Waals surface area contributed by atoms with Gasteiger partial charge in [0.15, 0.2) is 15.3 Å². The number of likely N-dealkylation sites (tertiary alicyclic amines) is 1. The van der Waals surface area contributed by atoms with Gasteiger partial charge in [-0.15, -0.1) is 4.72 Å². The van der Waals surface area contributed by atoms with Crippen molar-refractivity contribution in [3.8, 4) is 0 Å². The highest BCUT2D eigenvalue weighted by Gasteiger charge is 2.43. The number of nitrogens with zero attached hydrogens (tertiary/aromatic N) is 2. The third kappa shape index (κ3) is 2.77. The number of sulfonamides is 1. The van der Waals surface area contributed by atoms with Crippen molar-refractivity contribution < 1.29 is 8.76 Å². The third-order valence-corrected chi connectivity index (χ3v) is 6.51. The zero-order valence-electron chi connectivity index (χ0n) is 13.7. The quantitative estimate of drug-likeness (QED) is 0.810. The SMILES string of the molecule is Cn1cccc1CN1CCC2(CN[S+](=O)([O-])c3ccccc3N2)C1. The molecule has 128 valence electrons. The number of benzene rings is 1. The van der Waals surface area contributed by atoms with Gasteiger partial charge in [-0.3, -0.25) is 4.90 Å². The lowest BCUT2D eigenvalue weighted by Crippen LogP contribution is -2.49. The summed E-state index contributed by atoms with van der Waals surface area (Å²) in [5.41, 5.74) is 1.70. The van der Waals surface area contributed by atoms with Crippen LogP contribution in [0.15, 0.2) is 47.5 Å². The Morgan fingerprint density at radius 2 is 2.12 bits per heavy atom. The standard InChI is InChI=1S/C17H22N4O2S/c1-20-9-4-5-14(20)11-21-10-8-17(13-21)12-18-24(22,23)16-7-3-2-6-15(16)19-17/h2-7,9,19H,8,10-13H2,1H3,(H-,18,22,23). The monoisotopic (exact) mass is 346 g/mol. The van der Waals surface area contributed by atoms with Crippen LogP contribution in [0, 0.1) is 0 Å². The predicted octanol–water partition coefficient (Wildman–Crippen LogP) is 1.59. The van der Waals surface area contributed by atoms with Crippen LogP contribution < -0.4 is 10.0 Å². The summed E-state index contributed by atoms with van der Waals surface area (Å²) in [4.78, 5) is 2.72. The molecule has 2 aliphatic rings. The van der Waals surface area contributed by atoms with E-state index in [4.69, 9.17) is 0 Å². The van der Waals surface area contributed by atoms with Crippen molar-refractivity contribution in [1.82, 2.24) is 14.2 Å². The molecule has 0 bridgehead atoms. The van der Waals surface area contributed by atoms with Gasteiger partial charge in [0.25, 0.3) is 0 Å². The first-order valence-corrected chi connectivity index (χ1v) is 9.65. The van der Waals surface area contributed by atoms with E-state index < -0.39 is 10.4 Å². The van der Waals surface area contributed by atoms with Gasteiger partial charge < -0.3 is 14.4 Å². The molecule has 24 heavy (non-hydrogen) atoms. The lowest BCUT2D eigenvalue weighted by Gasteiger charge is -2.29. The number of nitrogens with one attached hydrogen (secondary N) is 2. The van der Waals surface area contributed by atoms with Crippen molar-refractivity contribution in [2.75, 3.05) is 25.0 Å². The first-order valence-electron chi connectivity index (χ1n) is 8.17. The Labute approximate surface area is 143 Å². The summed E-state index contributed by atoms with van der Waals surface area (Å²) in [6.07, 6.45) is 2.96. The molecule has 4 rings (SSSR count). The van der Waals surface area contributed by atoms with E-state index in [1.54, 1.807) is 12.1 Å². The third-order valence-electron chi connectivity index (χ3n) is 5.05. The van der Waals surface area contributed by atoms with Gasteiger partial charge in [0.05, 0.1) is 17.8 Å². The van der Waals surface area contributed by atoms with Crippen LogP contribution in [0.25, 0.3) is 0 Å². The second-order valence-electron chi connectivity index (χ2n) is 6.80. The van der Waals surface area contributed by atoms with Crippen molar-refractivity contribution >= 4 is 16.1 Å². The Bertz CT molecular complexity index is 805. The number of aryl methyl sites for hydroxylation is 1. The molecule has 0 amide bonds. The Morgan fingerprint density at radius 3 is 2.92 bits per heavy atom. The molecule has 3 heterocycles.